The van der Waals surface area contributed by atoms with E-state index in [4.69, 9.17) is 9.47 Å². The van der Waals surface area contributed by atoms with E-state index in [-0.39, 0.29) is 23.2 Å². The highest BCUT2D eigenvalue weighted by molar-refractivity contribution is 7.89. The lowest BCUT2D eigenvalue weighted by molar-refractivity contribution is -0.128. The summed E-state index contributed by atoms with van der Waals surface area (Å²) < 4.78 is 37.9. The predicted molar refractivity (Wildman–Crippen MR) is 109 cm³/mol. The number of nitrogens with zero attached hydrogens (tertiary/aromatic N) is 1. The van der Waals surface area contributed by atoms with Gasteiger partial charge in [0.15, 0.2) is 0 Å². The van der Waals surface area contributed by atoms with Gasteiger partial charge in [0.05, 0.1) is 36.1 Å². The highest BCUT2D eigenvalue weighted by Crippen LogP contribution is 2.28. The van der Waals surface area contributed by atoms with Crippen molar-refractivity contribution in [3.05, 3.63) is 18.2 Å². The predicted octanol–water partition coefficient (Wildman–Crippen LogP) is 0.488. The number of ether oxygens (including phenoxy) is 2. The highest BCUT2D eigenvalue weighted by Gasteiger charge is 2.28. The number of carbonyl (C=O) groups is 1. The molecule has 0 saturated carbocycles. The lowest BCUT2D eigenvalue weighted by atomic mass is 10.2. The normalized spacial score (nSPS) is 20.8. The second kappa shape index (κ2) is 10.4. The zero-order valence-corrected chi connectivity index (χ0v) is 17.4. The fourth-order valence-corrected chi connectivity index (χ4v) is 4.45. The number of morpholine rings is 2. The summed E-state index contributed by atoms with van der Waals surface area (Å²) in [6.07, 6.45) is -0.604. The van der Waals surface area contributed by atoms with Crippen LogP contribution in [0.15, 0.2) is 23.1 Å². The van der Waals surface area contributed by atoms with Crippen molar-refractivity contribution >= 4 is 39.7 Å². The van der Waals surface area contributed by atoms with E-state index in [0.29, 0.717) is 63.9 Å². The molecule has 2 aliphatic rings. The Morgan fingerprint density at radius 2 is 2.00 bits per heavy atom. The van der Waals surface area contributed by atoms with Crippen molar-refractivity contribution in [2.45, 2.75) is 17.9 Å². The third-order valence-electron chi connectivity index (χ3n) is 4.44. The summed E-state index contributed by atoms with van der Waals surface area (Å²) in [4.78, 5) is 12.6. The molecule has 1 aromatic rings. The SMILES string of the molecule is CCNc1ccc(S(=O)(=O)N2CCOCC2)cc1NC(=O)[C@H]1CNCCO1.Cl. The number of amides is 1. The van der Waals surface area contributed by atoms with Crippen LogP contribution in [0, 0.1) is 0 Å². The van der Waals surface area contributed by atoms with Crippen LogP contribution in [0.25, 0.3) is 0 Å². The van der Waals surface area contributed by atoms with Crippen molar-refractivity contribution in [2.24, 2.45) is 0 Å². The van der Waals surface area contributed by atoms with Gasteiger partial charge in [-0.25, -0.2) is 8.42 Å². The topological polar surface area (TPSA) is 109 Å². The third kappa shape index (κ3) is 5.34. The first-order chi connectivity index (χ1) is 13.0. The van der Waals surface area contributed by atoms with Crippen LogP contribution in [0.3, 0.4) is 0 Å². The number of halogens is 1. The van der Waals surface area contributed by atoms with Crippen LogP contribution in [-0.2, 0) is 24.3 Å². The summed E-state index contributed by atoms with van der Waals surface area (Å²) in [5.74, 6) is -0.303. The van der Waals surface area contributed by atoms with Crippen LogP contribution in [0.1, 0.15) is 6.92 Å². The zero-order chi connectivity index (χ0) is 19.3. The minimum Gasteiger partial charge on any atom is -0.384 e. The Morgan fingerprint density at radius 1 is 1.25 bits per heavy atom. The summed E-state index contributed by atoms with van der Waals surface area (Å²) >= 11 is 0. The standard InChI is InChI=1S/C17H26N4O5S.ClH/c1-2-19-14-4-3-13(27(23,24)21-6-9-25-10-7-21)11-15(14)20-17(22)16-12-18-5-8-26-16;/h3-4,11,16,18-19H,2,5-10,12H2,1H3,(H,20,22);1H/t16-;/m1./s1. The quantitative estimate of drug-likeness (QED) is 0.597. The van der Waals surface area contributed by atoms with Crippen molar-refractivity contribution in [1.29, 1.82) is 0 Å². The minimum absolute atomic E-state index is 0. The molecule has 2 saturated heterocycles. The molecule has 0 unspecified atom stereocenters. The fourth-order valence-electron chi connectivity index (χ4n) is 3.01. The molecular formula is C17H27ClN4O5S. The van der Waals surface area contributed by atoms with E-state index in [2.05, 4.69) is 16.0 Å². The molecule has 2 aliphatic heterocycles. The van der Waals surface area contributed by atoms with Gasteiger partial charge in [0.2, 0.25) is 10.0 Å². The van der Waals surface area contributed by atoms with Crippen molar-refractivity contribution in [3.8, 4) is 0 Å². The van der Waals surface area contributed by atoms with Gasteiger partial charge in [-0.05, 0) is 25.1 Å². The number of hydrogen-bond acceptors (Lipinski definition) is 7. The number of rotatable bonds is 6. The first-order valence-electron chi connectivity index (χ1n) is 9.11. The average Bonchev–Trinajstić information content (AvgIpc) is 2.70. The minimum atomic E-state index is -3.65. The van der Waals surface area contributed by atoms with Crippen LogP contribution < -0.4 is 16.0 Å². The third-order valence-corrected chi connectivity index (χ3v) is 6.34. The van der Waals surface area contributed by atoms with Gasteiger partial charge in [0.25, 0.3) is 5.91 Å². The number of hydrogen-bond donors (Lipinski definition) is 3. The smallest absolute Gasteiger partial charge is 0.254 e. The van der Waals surface area contributed by atoms with Gasteiger partial charge in [-0.2, -0.15) is 4.31 Å². The summed E-state index contributed by atoms with van der Waals surface area (Å²) in [6, 6.07) is 4.72. The Bertz CT molecular complexity index is 765. The van der Waals surface area contributed by atoms with E-state index in [1.165, 1.54) is 10.4 Å². The molecule has 28 heavy (non-hydrogen) atoms. The molecule has 158 valence electrons. The summed E-state index contributed by atoms with van der Waals surface area (Å²) in [7, 11) is -3.65. The van der Waals surface area contributed by atoms with E-state index in [1.807, 2.05) is 6.92 Å². The van der Waals surface area contributed by atoms with Crippen LogP contribution in [0.4, 0.5) is 11.4 Å². The van der Waals surface area contributed by atoms with E-state index >= 15 is 0 Å². The molecular weight excluding hydrogens is 408 g/mol. The van der Waals surface area contributed by atoms with Crippen molar-refractivity contribution < 1.29 is 22.7 Å². The monoisotopic (exact) mass is 434 g/mol. The lowest BCUT2D eigenvalue weighted by Gasteiger charge is -2.27. The van der Waals surface area contributed by atoms with Crippen LogP contribution in [0.5, 0.6) is 0 Å². The van der Waals surface area contributed by atoms with Crippen LogP contribution in [0.2, 0.25) is 0 Å². The van der Waals surface area contributed by atoms with Crippen LogP contribution in [-0.4, -0.2) is 77.3 Å². The maximum Gasteiger partial charge on any atom is 0.254 e. The zero-order valence-electron chi connectivity index (χ0n) is 15.8. The number of nitrogens with one attached hydrogen (secondary N) is 3. The van der Waals surface area contributed by atoms with E-state index in [1.54, 1.807) is 12.1 Å². The second-order valence-electron chi connectivity index (χ2n) is 6.31. The van der Waals surface area contributed by atoms with Crippen LogP contribution >= 0.6 is 12.4 Å². The number of carbonyl (C=O) groups excluding carboxylic acids is 1. The second-order valence-corrected chi connectivity index (χ2v) is 8.24. The van der Waals surface area contributed by atoms with E-state index in [9.17, 15) is 13.2 Å². The van der Waals surface area contributed by atoms with Gasteiger partial charge in [-0.15, -0.1) is 12.4 Å². The Kier molecular flexibility index (Phi) is 8.47. The molecule has 1 amide bonds. The maximum absolute atomic E-state index is 12.9. The highest BCUT2D eigenvalue weighted by atomic mass is 35.5. The molecule has 0 aromatic heterocycles. The first kappa shape index (κ1) is 22.9. The average molecular weight is 435 g/mol. The fraction of sp³-hybridized carbons (Fsp3) is 0.588. The molecule has 1 atom stereocenters. The van der Waals surface area contributed by atoms with Gasteiger partial charge < -0.3 is 25.4 Å². The van der Waals surface area contributed by atoms with Gasteiger partial charge in [0.1, 0.15) is 6.10 Å². The van der Waals surface area contributed by atoms with Crippen molar-refractivity contribution in [2.75, 3.05) is 63.2 Å². The van der Waals surface area contributed by atoms with E-state index in [0.717, 1.165) is 0 Å². The largest absolute Gasteiger partial charge is 0.384 e. The molecule has 0 bridgehead atoms. The molecule has 2 heterocycles. The Morgan fingerprint density at radius 3 is 2.64 bits per heavy atom. The Balaban J connectivity index is 0.00000280. The molecule has 3 rings (SSSR count). The van der Waals surface area contributed by atoms with E-state index < -0.39 is 16.1 Å². The van der Waals surface area contributed by atoms with Gasteiger partial charge in [-0.1, -0.05) is 0 Å². The molecule has 2 fully saturated rings. The van der Waals surface area contributed by atoms with Crippen molar-refractivity contribution in [3.63, 3.8) is 0 Å². The van der Waals surface area contributed by atoms with Crippen molar-refractivity contribution in [1.82, 2.24) is 9.62 Å². The molecule has 0 aliphatic carbocycles. The summed E-state index contributed by atoms with van der Waals surface area (Å²) in [6.45, 7) is 5.56. The number of anilines is 2. The first-order valence-corrected chi connectivity index (χ1v) is 10.6. The number of benzene rings is 1. The Hall–Kier alpha value is -1.43. The maximum atomic E-state index is 12.9. The molecule has 0 spiro atoms. The molecule has 9 nitrogen and oxygen atoms in total. The Labute approximate surface area is 171 Å². The summed E-state index contributed by atoms with van der Waals surface area (Å²) in [5, 5.41) is 9.05. The van der Waals surface area contributed by atoms with Gasteiger partial charge in [0, 0.05) is 32.7 Å². The molecule has 1 aromatic carbocycles. The van der Waals surface area contributed by atoms with Gasteiger partial charge in [-0.3, -0.25) is 4.79 Å². The molecule has 0 radical (unpaired) electrons. The molecule has 11 heteroatoms. The summed E-state index contributed by atoms with van der Waals surface area (Å²) in [5.41, 5.74) is 1.08. The van der Waals surface area contributed by atoms with Gasteiger partial charge >= 0.3 is 0 Å². The number of sulfonamides is 1. The lowest BCUT2D eigenvalue weighted by Crippen LogP contribution is -2.45. The molecule has 3 N–H and O–H groups in total.